The molecule has 1 aliphatic rings. The van der Waals surface area contributed by atoms with Gasteiger partial charge in [0.25, 0.3) is 0 Å². The van der Waals surface area contributed by atoms with E-state index in [2.05, 4.69) is 31.3 Å². The van der Waals surface area contributed by atoms with Gasteiger partial charge in [-0.05, 0) is 24.1 Å². The van der Waals surface area contributed by atoms with Gasteiger partial charge >= 0.3 is 0 Å². The van der Waals surface area contributed by atoms with Gasteiger partial charge < -0.3 is 5.32 Å². The molecule has 3 rings (SSSR count). The summed E-state index contributed by atoms with van der Waals surface area (Å²) in [5, 5.41) is 4.03. The smallest absolute Gasteiger partial charge is 0.105 e. The highest BCUT2D eigenvalue weighted by Gasteiger charge is 2.25. The fourth-order valence-corrected chi connectivity index (χ4v) is 3.18. The SMILES string of the molecule is CC(C)C1N=C(c2ccccc2)c2cc(Cl)ccc2NC1=S. The van der Waals surface area contributed by atoms with Crippen LogP contribution >= 0.6 is 23.8 Å². The zero-order chi connectivity index (χ0) is 15.7. The molecule has 1 heterocycles. The number of halogens is 1. The highest BCUT2D eigenvalue weighted by atomic mass is 35.5. The normalized spacial score (nSPS) is 17.5. The Kier molecular flexibility index (Phi) is 4.27. The molecular formula is C18H17ClN2S. The summed E-state index contributed by atoms with van der Waals surface area (Å²) in [6.45, 7) is 4.27. The van der Waals surface area contributed by atoms with Crippen molar-refractivity contribution in [3.8, 4) is 0 Å². The minimum atomic E-state index is -0.0450. The second kappa shape index (κ2) is 6.19. The van der Waals surface area contributed by atoms with Gasteiger partial charge in [-0.25, -0.2) is 0 Å². The number of benzene rings is 2. The molecule has 2 aromatic rings. The van der Waals surface area contributed by atoms with E-state index in [1.807, 2.05) is 36.4 Å². The van der Waals surface area contributed by atoms with E-state index in [-0.39, 0.29) is 6.04 Å². The molecule has 0 saturated heterocycles. The van der Waals surface area contributed by atoms with Crippen LogP contribution in [0.1, 0.15) is 25.0 Å². The molecule has 1 atom stereocenters. The molecule has 0 spiro atoms. The van der Waals surface area contributed by atoms with Crippen molar-refractivity contribution in [1.82, 2.24) is 0 Å². The number of rotatable bonds is 2. The molecule has 1 unspecified atom stereocenters. The summed E-state index contributed by atoms with van der Waals surface area (Å²) in [5.41, 5.74) is 3.96. The summed E-state index contributed by atoms with van der Waals surface area (Å²) in [7, 11) is 0. The van der Waals surface area contributed by atoms with Crippen molar-refractivity contribution < 1.29 is 0 Å². The minimum absolute atomic E-state index is 0.0450. The molecule has 2 nitrogen and oxygen atoms in total. The monoisotopic (exact) mass is 328 g/mol. The standard InChI is InChI=1S/C18H17ClN2S/c1-11(2)16-18(22)20-15-9-8-13(19)10-14(15)17(21-16)12-6-4-3-5-7-12/h3-11,16H,1-2H3,(H,20,22). The van der Waals surface area contributed by atoms with Gasteiger partial charge in [0.2, 0.25) is 0 Å². The third-order valence-electron chi connectivity index (χ3n) is 3.71. The summed E-state index contributed by atoms with van der Waals surface area (Å²) in [6.07, 6.45) is 0. The van der Waals surface area contributed by atoms with Crippen LogP contribution in [0.15, 0.2) is 53.5 Å². The van der Waals surface area contributed by atoms with E-state index in [0.29, 0.717) is 10.9 Å². The predicted molar refractivity (Wildman–Crippen MR) is 98.4 cm³/mol. The summed E-state index contributed by atoms with van der Waals surface area (Å²) < 4.78 is 0. The van der Waals surface area contributed by atoms with Crippen LogP contribution in [0, 0.1) is 5.92 Å². The van der Waals surface area contributed by atoms with Gasteiger partial charge in [0.1, 0.15) is 11.0 Å². The second-order valence-corrected chi connectivity index (χ2v) is 6.59. The van der Waals surface area contributed by atoms with E-state index in [1.54, 1.807) is 0 Å². The molecule has 0 amide bonds. The maximum Gasteiger partial charge on any atom is 0.105 e. The van der Waals surface area contributed by atoms with Crippen molar-refractivity contribution in [3.05, 3.63) is 64.7 Å². The summed E-state index contributed by atoms with van der Waals surface area (Å²) in [6, 6.07) is 15.9. The molecule has 22 heavy (non-hydrogen) atoms. The Morgan fingerprint density at radius 3 is 2.55 bits per heavy atom. The molecule has 0 radical (unpaired) electrons. The van der Waals surface area contributed by atoms with Crippen molar-refractivity contribution in [2.45, 2.75) is 19.9 Å². The lowest BCUT2D eigenvalue weighted by molar-refractivity contribution is 0.602. The molecule has 1 N–H and O–H groups in total. The van der Waals surface area contributed by atoms with Crippen LogP contribution < -0.4 is 5.32 Å². The number of benzodiazepines with no additional fused rings is 1. The molecule has 0 aliphatic carbocycles. The Hall–Kier alpha value is -1.71. The summed E-state index contributed by atoms with van der Waals surface area (Å²) in [4.78, 5) is 5.72. The number of hydrogen-bond acceptors (Lipinski definition) is 2. The van der Waals surface area contributed by atoms with Gasteiger partial charge in [-0.2, -0.15) is 0 Å². The quantitative estimate of drug-likeness (QED) is 0.788. The average Bonchev–Trinajstić information content (AvgIpc) is 2.64. The maximum atomic E-state index is 6.20. The van der Waals surface area contributed by atoms with Gasteiger partial charge in [0.05, 0.1) is 5.71 Å². The van der Waals surface area contributed by atoms with Crippen LogP contribution in [0.4, 0.5) is 5.69 Å². The molecule has 2 aromatic carbocycles. The number of anilines is 1. The fraction of sp³-hybridized carbons (Fsp3) is 0.222. The minimum Gasteiger partial charge on any atom is -0.348 e. The molecule has 4 heteroatoms. The number of nitrogens with zero attached hydrogens (tertiary/aromatic N) is 1. The summed E-state index contributed by atoms with van der Waals surface area (Å²) in [5.74, 6) is 0.323. The van der Waals surface area contributed by atoms with Crippen molar-refractivity contribution in [2.24, 2.45) is 10.9 Å². The Balaban J connectivity index is 2.23. The van der Waals surface area contributed by atoms with Crippen LogP contribution in [0.2, 0.25) is 5.02 Å². The third-order valence-corrected chi connectivity index (χ3v) is 4.29. The second-order valence-electron chi connectivity index (χ2n) is 5.71. The Bertz CT molecular complexity index is 738. The van der Waals surface area contributed by atoms with Gasteiger partial charge in [-0.15, -0.1) is 0 Å². The molecule has 1 aliphatic heterocycles. The maximum absolute atomic E-state index is 6.20. The van der Waals surface area contributed by atoms with Gasteiger partial charge in [0, 0.05) is 21.8 Å². The molecular weight excluding hydrogens is 312 g/mol. The predicted octanol–water partition coefficient (Wildman–Crippen LogP) is 4.95. The number of thiocarbonyl (C=S) groups is 1. The highest BCUT2D eigenvalue weighted by Crippen LogP contribution is 2.29. The van der Waals surface area contributed by atoms with Crippen LogP contribution in [-0.4, -0.2) is 16.7 Å². The molecule has 112 valence electrons. The van der Waals surface area contributed by atoms with Gasteiger partial charge in [0.15, 0.2) is 0 Å². The third kappa shape index (κ3) is 2.92. The van der Waals surface area contributed by atoms with Gasteiger partial charge in [-0.3, -0.25) is 4.99 Å². The number of aliphatic imine (C=N–C) groups is 1. The Labute approximate surface area is 141 Å². The number of fused-ring (bicyclic) bond motifs is 1. The first-order valence-corrected chi connectivity index (χ1v) is 8.09. The number of hydrogen-bond donors (Lipinski definition) is 1. The Morgan fingerprint density at radius 2 is 1.86 bits per heavy atom. The van der Waals surface area contributed by atoms with Crippen LogP contribution in [0.5, 0.6) is 0 Å². The van der Waals surface area contributed by atoms with E-state index in [4.69, 9.17) is 28.8 Å². The van der Waals surface area contributed by atoms with Crippen molar-refractivity contribution in [2.75, 3.05) is 5.32 Å². The number of nitrogens with one attached hydrogen (secondary N) is 1. The van der Waals surface area contributed by atoms with Crippen molar-refractivity contribution in [1.29, 1.82) is 0 Å². The first-order chi connectivity index (χ1) is 10.6. The first-order valence-electron chi connectivity index (χ1n) is 7.30. The van der Waals surface area contributed by atoms with Crippen molar-refractivity contribution >= 4 is 40.2 Å². The van der Waals surface area contributed by atoms with E-state index in [9.17, 15) is 0 Å². The fourth-order valence-electron chi connectivity index (χ4n) is 2.57. The topological polar surface area (TPSA) is 24.4 Å². The molecule has 0 aromatic heterocycles. The lowest BCUT2D eigenvalue weighted by atomic mass is 10.00. The van der Waals surface area contributed by atoms with Crippen LogP contribution in [0.25, 0.3) is 0 Å². The van der Waals surface area contributed by atoms with E-state index >= 15 is 0 Å². The lowest BCUT2D eigenvalue weighted by Gasteiger charge is -2.17. The highest BCUT2D eigenvalue weighted by molar-refractivity contribution is 7.80. The van der Waals surface area contributed by atoms with Crippen LogP contribution in [-0.2, 0) is 0 Å². The first kappa shape index (κ1) is 15.2. The zero-order valence-corrected chi connectivity index (χ0v) is 14.1. The van der Waals surface area contributed by atoms with E-state index < -0.39 is 0 Å². The Morgan fingerprint density at radius 1 is 1.14 bits per heavy atom. The average molecular weight is 329 g/mol. The van der Waals surface area contributed by atoms with E-state index in [0.717, 1.165) is 27.5 Å². The van der Waals surface area contributed by atoms with Crippen molar-refractivity contribution in [3.63, 3.8) is 0 Å². The molecule has 0 saturated carbocycles. The van der Waals surface area contributed by atoms with Crippen LogP contribution in [0.3, 0.4) is 0 Å². The lowest BCUT2D eigenvalue weighted by Crippen LogP contribution is -2.28. The van der Waals surface area contributed by atoms with Gasteiger partial charge in [-0.1, -0.05) is 68.0 Å². The van der Waals surface area contributed by atoms with E-state index in [1.165, 1.54) is 0 Å². The largest absolute Gasteiger partial charge is 0.348 e. The molecule has 0 bridgehead atoms. The summed E-state index contributed by atoms with van der Waals surface area (Å²) >= 11 is 11.8. The zero-order valence-electron chi connectivity index (χ0n) is 12.5. The molecule has 0 fully saturated rings.